The number of benzene rings is 1. The molecule has 1 atom stereocenters. The molecule has 0 fully saturated rings. The van der Waals surface area contributed by atoms with Gasteiger partial charge in [0, 0.05) is 18.0 Å². The van der Waals surface area contributed by atoms with Gasteiger partial charge in [-0.15, -0.1) is 11.7 Å². The normalized spacial score (nSPS) is 17.7. The fraction of sp³-hybridized carbons (Fsp3) is 0.417. The maximum absolute atomic E-state index is 5.64. The molecule has 1 heterocycles. The zero-order chi connectivity index (χ0) is 13.1. The third kappa shape index (κ3) is 2.61. The van der Waals surface area contributed by atoms with Crippen LogP contribution in [0.3, 0.4) is 0 Å². The number of fused-ring (bicyclic) bond motifs is 1. The summed E-state index contributed by atoms with van der Waals surface area (Å²) < 4.78 is 0.221. The molecule has 1 aliphatic rings. The van der Waals surface area contributed by atoms with Gasteiger partial charge in [-0.3, -0.25) is 4.90 Å². The first-order chi connectivity index (χ1) is 8.72. The van der Waals surface area contributed by atoms with E-state index in [1.807, 2.05) is 11.8 Å². The molecule has 1 aromatic carbocycles. The number of hydrogen-bond acceptors (Lipinski definition) is 4. The Hall–Kier alpha value is -0.0400. The molecule has 0 aromatic heterocycles. The van der Waals surface area contributed by atoms with Crippen LogP contribution >= 0.6 is 46.4 Å². The molecule has 1 aliphatic heterocycles. The quantitative estimate of drug-likeness (QED) is 0.508. The van der Waals surface area contributed by atoms with Crippen LogP contribution in [-0.4, -0.2) is 27.8 Å². The van der Waals surface area contributed by atoms with E-state index in [0.29, 0.717) is 0 Å². The molecule has 0 amide bonds. The van der Waals surface area contributed by atoms with Gasteiger partial charge >= 0.3 is 0 Å². The second-order valence-corrected chi connectivity index (χ2v) is 6.90. The minimum atomic E-state index is 0.221. The van der Waals surface area contributed by atoms with Crippen molar-refractivity contribution >= 4 is 57.2 Å². The van der Waals surface area contributed by atoms with Crippen LogP contribution in [-0.2, 0) is 0 Å². The lowest BCUT2D eigenvalue weighted by atomic mass is 10.3. The van der Waals surface area contributed by atoms with E-state index in [4.69, 9.17) is 12.2 Å². The summed E-state index contributed by atoms with van der Waals surface area (Å²) in [6.07, 6.45) is 0. The van der Waals surface area contributed by atoms with E-state index in [-0.39, 0.29) is 4.71 Å². The molecule has 2 nitrogen and oxygen atoms in total. The highest BCUT2D eigenvalue weighted by atomic mass is 33.1. The monoisotopic (exact) mass is 316 g/mol. The van der Waals surface area contributed by atoms with Crippen molar-refractivity contribution in [1.29, 1.82) is 0 Å². The summed E-state index contributed by atoms with van der Waals surface area (Å²) in [6.45, 7) is 6.13. The van der Waals surface area contributed by atoms with Gasteiger partial charge in [-0.1, -0.05) is 34.7 Å². The number of para-hydroxylation sites is 1. The highest BCUT2D eigenvalue weighted by Gasteiger charge is 2.33. The van der Waals surface area contributed by atoms with Gasteiger partial charge in [0.2, 0.25) is 0 Å². The Kier molecular flexibility index (Phi) is 5.12. The molecule has 1 unspecified atom stereocenters. The molecule has 6 heteroatoms. The maximum atomic E-state index is 5.64. The van der Waals surface area contributed by atoms with Gasteiger partial charge in [-0.05, 0) is 38.2 Å². The van der Waals surface area contributed by atoms with Crippen molar-refractivity contribution in [1.82, 2.24) is 4.90 Å². The lowest BCUT2D eigenvalue weighted by Gasteiger charge is -2.32. The topological polar surface area (TPSA) is 6.48 Å². The van der Waals surface area contributed by atoms with E-state index in [2.05, 4.69) is 59.6 Å². The van der Waals surface area contributed by atoms with Crippen LogP contribution in [0.2, 0.25) is 0 Å². The van der Waals surface area contributed by atoms with Gasteiger partial charge < -0.3 is 4.90 Å². The smallest absolute Gasteiger partial charge is 0.177 e. The van der Waals surface area contributed by atoms with Crippen molar-refractivity contribution in [2.24, 2.45) is 0 Å². The highest BCUT2D eigenvalue weighted by Crippen LogP contribution is 2.48. The molecule has 0 N–H and O–H groups in total. The first-order valence-corrected chi connectivity index (χ1v) is 9.09. The first kappa shape index (κ1) is 14.4. The summed E-state index contributed by atoms with van der Waals surface area (Å²) in [6, 6.07) is 8.39. The average Bonchev–Trinajstić information content (AvgIpc) is 2.78. The molecule has 2 rings (SSSR count). The van der Waals surface area contributed by atoms with Gasteiger partial charge in [0.05, 0.1) is 5.69 Å². The number of anilines is 1. The molecule has 18 heavy (non-hydrogen) atoms. The predicted molar refractivity (Wildman–Crippen MR) is 90.7 cm³/mol. The fourth-order valence-corrected chi connectivity index (χ4v) is 4.98. The lowest BCUT2D eigenvalue weighted by molar-refractivity contribution is 0.466. The molecule has 1 aromatic rings. The van der Waals surface area contributed by atoms with E-state index in [0.717, 1.165) is 18.2 Å². The van der Waals surface area contributed by atoms with Crippen LogP contribution < -0.4 is 4.90 Å². The molecular formula is C12H16N2S4. The molecule has 0 saturated carbocycles. The van der Waals surface area contributed by atoms with Crippen molar-refractivity contribution in [3.8, 4) is 0 Å². The Morgan fingerprint density at radius 3 is 2.72 bits per heavy atom. The van der Waals surface area contributed by atoms with Crippen molar-refractivity contribution in [3.63, 3.8) is 0 Å². The number of nitrogens with zero attached hydrogens (tertiary/aromatic N) is 2. The predicted octanol–water partition coefficient (Wildman–Crippen LogP) is 4.09. The number of thiol groups is 1. The third-order valence-corrected chi connectivity index (χ3v) is 6.36. The Bertz CT molecular complexity index is 434. The standard InChI is InChI=1S/C12H16N2S4/c1-3-13(4-2)11(15)14-9-7-5-6-8-10(9)17-12(14)18-16/h5-8,12,16H,3-4H2,1-2H3. The second-order valence-electron chi connectivity index (χ2n) is 3.82. The van der Waals surface area contributed by atoms with E-state index < -0.39 is 0 Å². The largest absolute Gasteiger partial charge is 0.349 e. The zero-order valence-corrected chi connectivity index (χ0v) is 13.7. The summed E-state index contributed by atoms with van der Waals surface area (Å²) >= 11 is 11.8. The Morgan fingerprint density at radius 2 is 2.11 bits per heavy atom. The van der Waals surface area contributed by atoms with Crippen molar-refractivity contribution in [3.05, 3.63) is 24.3 Å². The summed E-state index contributed by atoms with van der Waals surface area (Å²) in [5.74, 6) is 0. The summed E-state index contributed by atoms with van der Waals surface area (Å²) in [4.78, 5) is 5.69. The van der Waals surface area contributed by atoms with Crippen LogP contribution in [0.1, 0.15) is 13.8 Å². The summed E-state index contributed by atoms with van der Waals surface area (Å²) in [5, 5.41) is 0.893. The van der Waals surface area contributed by atoms with Crippen molar-refractivity contribution in [2.75, 3.05) is 18.0 Å². The van der Waals surface area contributed by atoms with Crippen molar-refractivity contribution in [2.45, 2.75) is 23.4 Å². The molecular weight excluding hydrogens is 300 g/mol. The van der Waals surface area contributed by atoms with Gasteiger partial charge in [0.15, 0.2) is 5.11 Å². The van der Waals surface area contributed by atoms with Crippen LogP contribution in [0.4, 0.5) is 5.69 Å². The summed E-state index contributed by atoms with van der Waals surface area (Å²) in [5.41, 5.74) is 1.20. The fourth-order valence-electron chi connectivity index (χ4n) is 1.94. The van der Waals surface area contributed by atoms with Gasteiger partial charge in [-0.2, -0.15) is 0 Å². The minimum absolute atomic E-state index is 0.221. The summed E-state index contributed by atoms with van der Waals surface area (Å²) in [7, 11) is 1.53. The van der Waals surface area contributed by atoms with Gasteiger partial charge in [0.1, 0.15) is 4.71 Å². The highest BCUT2D eigenvalue weighted by molar-refractivity contribution is 8.70. The third-order valence-electron chi connectivity index (χ3n) is 2.89. The number of rotatable bonds is 3. The Balaban J connectivity index is 2.32. The molecule has 0 radical (unpaired) electrons. The Morgan fingerprint density at radius 1 is 1.44 bits per heavy atom. The zero-order valence-electron chi connectivity index (χ0n) is 10.4. The van der Waals surface area contributed by atoms with E-state index >= 15 is 0 Å². The van der Waals surface area contributed by atoms with E-state index in [9.17, 15) is 0 Å². The second kappa shape index (κ2) is 6.41. The molecule has 98 valence electrons. The number of thioether (sulfide) groups is 1. The Labute approximate surface area is 127 Å². The van der Waals surface area contributed by atoms with Crippen LogP contribution in [0.15, 0.2) is 29.2 Å². The first-order valence-electron chi connectivity index (χ1n) is 5.87. The minimum Gasteiger partial charge on any atom is -0.349 e. The molecule has 0 saturated heterocycles. The molecule has 0 spiro atoms. The van der Waals surface area contributed by atoms with Gasteiger partial charge in [-0.25, -0.2) is 0 Å². The molecule has 0 aliphatic carbocycles. The lowest BCUT2D eigenvalue weighted by Crippen LogP contribution is -2.44. The van der Waals surface area contributed by atoms with Crippen LogP contribution in [0.5, 0.6) is 0 Å². The molecule has 0 bridgehead atoms. The van der Waals surface area contributed by atoms with Crippen LogP contribution in [0.25, 0.3) is 0 Å². The van der Waals surface area contributed by atoms with Crippen LogP contribution in [0, 0.1) is 0 Å². The SMILES string of the molecule is CCN(CC)C(=S)N1c2ccccc2SC1SS. The van der Waals surface area contributed by atoms with E-state index in [1.165, 1.54) is 21.4 Å². The number of thiocarbonyl (C=S) groups is 1. The maximum Gasteiger partial charge on any atom is 0.177 e. The van der Waals surface area contributed by atoms with E-state index in [1.54, 1.807) is 0 Å². The average molecular weight is 317 g/mol. The van der Waals surface area contributed by atoms with Gasteiger partial charge in [0.25, 0.3) is 0 Å². The number of hydrogen-bond donors (Lipinski definition) is 1. The van der Waals surface area contributed by atoms with Crippen molar-refractivity contribution < 1.29 is 0 Å².